The fraction of sp³-hybridized carbons (Fsp3) is 0.529. The van der Waals surface area contributed by atoms with Crippen molar-refractivity contribution >= 4 is 5.82 Å². The van der Waals surface area contributed by atoms with Crippen LogP contribution in [0.1, 0.15) is 49.2 Å². The molecule has 1 saturated heterocycles. The van der Waals surface area contributed by atoms with Crippen LogP contribution in [0.5, 0.6) is 0 Å². The van der Waals surface area contributed by atoms with Crippen molar-refractivity contribution in [3.8, 4) is 0 Å². The van der Waals surface area contributed by atoms with Gasteiger partial charge in [0.1, 0.15) is 11.6 Å². The third-order valence-electron chi connectivity index (χ3n) is 4.32. The largest absolute Gasteiger partial charge is 0.356 e. The van der Waals surface area contributed by atoms with Crippen molar-refractivity contribution < 1.29 is 0 Å². The summed E-state index contributed by atoms with van der Waals surface area (Å²) < 4.78 is 0. The van der Waals surface area contributed by atoms with Gasteiger partial charge in [-0.25, -0.2) is 15.0 Å². The van der Waals surface area contributed by atoms with E-state index in [1.165, 1.54) is 11.9 Å². The lowest BCUT2D eigenvalue weighted by molar-refractivity contribution is 0.495. The molecule has 2 aromatic rings. The molecule has 23 heavy (non-hydrogen) atoms. The zero-order valence-electron chi connectivity index (χ0n) is 13.7. The first-order valence-electron chi connectivity index (χ1n) is 8.29. The Kier molecular flexibility index (Phi) is 4.69. The summed E-state index contributed by atoms with van der Waals surface area (Å²) in [5, 5.41) is 0. The molecule has 0 radical (unpaired) electrons. The monoisotopic (exact) mass is 313 g/mol. The maximum atomic E-state index is 11.5. The number of rotatable bonds is 4. The van der Waals surface area contributed by atoms with Crippen LogP contribution in [0.2, 0.25) is 0 Å². The summed E-state index contributed by atoms with van der Waals surface area (Å²) in [5.74, 6) is 2.13. The van der Waals surface area contributed by atoms with E-state index in [2.05, 4.69) is 31.8 Å². The van der Waals surface area contributed by atoms with Crippen molar-refractivity contribution in [1.29, 1.82) is 0 Å². The second-order valence-electron chi connectivity index (χ2n) is 6.14. The van der Waals surface area contributed by atoms with E-state index in [0.29, 0.717) is 0 Å². The van der Waals surface area contributed by atoms with E-state index in [0.717, 1.165) is 56.1 Å². The highest BCUT2D eigenvalue weighted by Gasteiger charge is 2.25. The molecule has 1 aliphatic rings. The van der Waals surface area contributed by atoms with Crippen LogP contribution in [0.25, 0.3) is 0 Å². The molecule has 0 unspecified atom stereocenters. The van der Waals surface area contributed by atoms with E-state index in [-0.39, 0.29) is 11.5 Å². The van der Waals surface area contributed by atoms with Crippen molar-refractivity contribution in [3.63, 3.8) is 0 Å². The third kappa shape index (κ3) is 3.57. The van der Waals surface area contributed by atoms with Crippen LogP contribution in [-0.4, -0.2) is 33.0 Å². The van der Waals surface area contributed by atoms with Crippen molar-refractivity contribution in [2.75, 3.05) is 18.0 Å². The number of nitrogens with one attached hydrogen (secondary N) is 1. The number of hydrogen-bond acceptors (Lipinski definition) is 5. The molecular weight excluding hydrogens is 290 g/mol. The summed E-state index contributed by atoms with van der Waals surface area (Å²) in [6.45, 7) is 5.94. The quantitative estimate of drug-likeness (QED) is 0.936. The van der Waals surface area contributed by atoms with E-state index in [1.54, 1.807) is 6.07 Å². The number of piperidine rings is 1. The molecule has 1 fully saturated rings. The van der Waals surface area contributed by atoms with Gasteiger partial charge >= 0.3 is 0 Å². The number of anilines is 1. The number of aryl methyl sites for hydroxylation is 2. The van der Waals surface area contributed by atoms with Crippen LogP contribution < -0.4 is 10.5 Å². The van der Waals surface area contributed by atoms with Crippen molar-refractivity contribution in [3.05, 3.63) is 46.0 Å². The lowest BCUT2D eigenvalue weighted by Crippen LogP contribution is -2.36. The maximum absolute atomic E-state index is 11.5. The first-order valence-corrected chi connectivity index (χ1v) is 8.29. The molecule has 1 atom stereocenters. The molecule has 3 rings (SSSR count). The van der Waals surface area contributed by atoms with Crippen LogP contribution in [-0.2, 0) is 6.42 Å². The lowest BCUT2D eigenvalue weighted by atomic mass is 9.94. The minimum absolute atomic E-state index is 0.0864. The van der Waals surface area contributed by atoms with E-state index >= 15 is 0 Å². The summed E-state index contributed by atoms with van der Waals surface area (Å²) >= 11 is 0. The highest BCUT2D eigenvalue weighted by Crippen LogP contribution is 2.29. The smallest absolute Gasteiger partial charge is 0.250 e. The SMILES string of the molecule is CCCc1cnc(C)nc1N1CCC[C@H](c2cc(=O)[nH]cn2)C1. The number of aromatic nitrogens is 4. The number of H-pyrrole nitrogens is 1. The second-order valence-corrected chi connectivity index (χ2v) is 6.14. The Morgan fingerprint density at radius 2 is 2.26 bits per heavy atom. The van der Waals surface area contributed by atoms with Crippen LogP contribution >= 0.6 is 0 Å². The molecule has 122 valence electrons. The highest BCUT2D eigenvalue weighted by molar-refractivity contribution is 5.47. The zero-order chi connectivity index (χ0) is 16.2. The minimum Gasteiger partial charge on any atom is -0.356 e. The van der Waals surface area contributed by atoms with Crippen LogP contribution in [0.4, 0.5) is 5.82 Å². The van der Waals surface area contributed by atoms with Gasteiger partial charge < -0.3 is 9.88 Å². The fourth-order valence-electron chi connectivity index (χ4n) is 3.22. The fourth-order valence-corrected chi connectivity index (χ4v) is 3.22. The summed E-state index contributed by atoms with van der Waals surface area (Å²) in [5.41, 5.74) is 2.00. The van der Waals surface area contributed by atoms with Crippen molar-refractivity contribution in [2.24, 2.45) is 0 Å². The van der Waals surface area contributed by atoms with Crippen molar-refractivity contribution in [1.82, 2.24) is 19.9 Å². The summed E-state index contributed by atoms with van der Waals surface area (Å²) in [4.78, 5) is 29.8. The Hall–Kier alpha value is -2.24. The Morgan fingerprint density at radius 3 is 3.04 bits per heavy atom. The molecule has 1 N–H and O–H groups in total. The molecule has 6 heteroatoms. The van der Waals surface area contributed by atoms with Gasteiger partial charge in [0.2, 0.25) is 0 Å². The Morgan fingerprint density at radius 1 is 1.39 bits per heavy atom. The molecule has 3 heterocycles. The molecule has 0 saturated carbocycles. The Labute approximate surface area is 136 Å². The standard InChI is InChI=1S/C17H23N5O/c1-3-5-13-9-18-12(2)21-17(13)22-7-4-6-14(10-22)15-8-16(23)20-11-19-15/h8-9,11,14H,3-7,10H2,1-2H3,(H,19,20,23)/t14-/m0/s1. The molecule has 6 nitrogen and oxygen atoms in total. The Balaban J connectivity index is 1.86. The van der Waals surface area contributed by atoms with E-state index in [1.807, 2.05) is 13.1 Å². The molecule has 1 aliphatic heterocycles. The maximum Gasteiger partial charge on any atom is 0.250 e. The van der Waals surface area contributed by atoms with Gasteiger partial charge in [-0.15, -0.1) is 0 Å². The van der Waals surface area contributed by atoms with Gasteiger partial charge in [-0.05, 0) is 26.2 Å². The molecular formula is C17H23N5O. The van der Waals surface area contributed by atoms with Crippen LogP contribution in [0.3, 0.4) is 0 Å². The van der Waals surface area contributed by atoms with Crippen LogP contribution in [0, 0.1) is 6.92 Å². The predicted molar refractivity (Wildman–Crippen MR) is 89.8 cm³/mol. The topological polar surface area (TPSA) is 74.8 Å². The molecule has 0 bridgehead atoms. The van der Waals surface area contributed by atoms with Gasteiger partial charge in [0, 0.05) is 36.8 Å². The minimum atomic E-state index is -0.0864. The average molecular weight is 313 g/mol. The number of nitrogens with zero attached hydrogens (tertiary/aromatic N) is 4. The van der Waals surface area contributed by atoms with Gasteiger partial charge in [-0.3, -0.25) is 4.79 Å². The van der Waals surface area contributed by atoms with E-state index in [9.17, 15) is 4.79 Å². The zero-order valence-corrected chi connectivity index (χ0v) is 13.7. The van der Waals surface area contributed by atoms with Gasteiger partial charge in [-0.1, -0.05) is 13.3 Å². The predicted octanol–water partition coefficient (Wildman–Crippen LogP) is 2.20. The van der Waals surface area contributed by atoms with Crippen LogP contribution in [0.15, 0.2) is 23.4 Å². The molecule has 2 aromatic heterocycles. The summed E-state index contributed by atoms with van der Waals surface area (Å²) in [7, 11) is 0. The van der Waals surface area contributed by atoms with Crippen molar-refractivity contribution in [2.45, 2.75) is 45.4 Å². The number of aromatic amines is 1. The van der Waals surface area contributed by atoms with Gasteiger partial charge in [-0.2, -0.15) is 0 Å². The summed E-state index contributed by atoms with van der Waals surface area (Å²) in [6.07, 6.45) is 7.64. The highest BCUT2D eigenvalue weighted by atomic mass is 16.1. The molecule has 0 aromatic carbocycles. The third-order valence-corrected chi connectivity index (χ3v) is 4.32. The first kappa shape index (κ1) is 15.6. The second kappa shape index (κ2) is 6.89. The molecule has 0 amide bonds. The Bertz CT molecular complexity index is 727. The number of hydrogen-bond donors (Lipinski definition) is 1. The molecule has 0 aliphatic carbocycles. The normalized spacial score (nSPS) is 18.2. The van der Waals surface area contributed by atoms with E-state index < -0.39 is 0 Å². The van der Waals surface area contributed by atoms with Gasteiger partial charge in [0.15, 0.2) is 0 Å². The lowest BCUT2D eigenvalue weighted by Gasteiger charge is -2.34. The van der Waals surface area contributed by atoms with Gasteiger partial charge in [0.05, 0.1) is 12.0 Å². The van der Waals surface area contributed by atoms with E-state index in [4.69, 9.17) is 0 Å². The first-order chi connectivity index (χ1) is 11.2. The van der Waals surface area contributed by atoms with Gasteiger partial charge in [0.25, 0.3) is 5.56 Å². The average Bonchev–Trinajstić information content (AvgIpc) is 2.57. The summed E-state index contributed by atoms with van der Waals surface area (Å²) in [6, 6.07) is 1.62. The molecule has 0 spiro atoms.